The molecule has 0 bridgehead atoms. The molecule has 0 saturated heterocycles. The summed E-state index contributed by atoms with van der Waals surface area (Å²) in [6.45, 7) is 2.50. The van der Waals surface area contributed by atoms with Crippen molar-refractivity contribution >= 4 is 28.6 Å². The first kappa shape index (κ1) is 14.8. The highest BCUT2D eigenvalue weighted by Crippen LogP contribution is 2.25. The topological polar surface area (TPSA) is 95.6 Å². The highest BCUT2D eigenvalue weighted by molar-refractivity contribution is 6.31. The summed E-state index contributed by atoms with van der Waals surface area (Å²) >= 11 is 5.89. The number of benzene rings is 1. The Labute approximate surface area is 120 Å². The molecule has 0 aliphatic carbocycles. The fraction of sp³-hybridized carbons (Fsp3) is 0.385. The number of fused-ring (bicyclic) bond motifs is 1. The van der Waals surface area contributed by atoms with Crippen molar-refractivity contribution in [3.63, 3.8) is 0 Å². The number of halogens is 1. The van der Waals surface area contributed by atoms with Gasteiger partial charge in [-0.1, -0.05) is 18.5 Å². The number of imidazole rings is 1. The summed E-state index contributed by atoms with van der Waals surface area (Å²) in [5.41, 5.74) is 1.29. The Morgan fingerprint density at radius 2 is 2.15 bits per heavy atom. The minimum absolute atomic E-state index is 0.124. The fourth-order valence-corrected chi connectivity index (χ4v) is 2.25. The Kier molecular flexibility index (Phi) is 4.27. The molecule has 1 heterocycles. The van der Waals surface area contributed by atoms with Crippen LogP contribution in [0.15, 0.2) is 18.2 Å². The molecule has 2 aromatic rings. The number of aromatic nitrogens is 2. The van der Waals surface area contributed by atoms with E-state index in [1.165, 1.54) is 0 Å². The zero-order valence-corrected chi connectivity index (χ0v) is 11.6. The SMILES string of the molecule is CCCn1c(C(O)C(O)C(=O)O)nc2cc(Cl)ccc21. The molecule has 2 unspecified atom stereocenters. The molecule has 3 N–H and O–H groups in total. The number of rotatable bonds is 5. The van der Waals surface area contributed by atoms with Crippen LogP contribution in [0.2, 0.25) is 5.02 Å². The predicted molar refractivity (Wildman–Crippen MR) is 73.6 cm³/mol. The van der Waals surface area contributed by atoms with Crippen LogP contribution in [0.5, 0.6) is 0 Å². The maximum atomic E-state index is 10.8. The summed E-state index contributed by atoms with van der Waals surface area (Å²) in [6.07, 6.45) is -2.74. The van der Waals surface area contributed by atoms with E-state index in [0.29, 0.717) is 17.1 Å². The molecular formula is C13H15ClN2O4. The molecule has 7 heteroatoms. The maximum absolute atomic E-state index is 10.8. The third kappa shape index (κ3) is 2.63. The van der Waals surface area contributed by atoms with E-state index in [1.807, 2.05) is 6.92 Å². The molecule has 108 valence electrons. The summed E-state index contributed by atoms with van der Waals surface area (Å²) in [5.74, 6) is -1.37. The molecule has 2 rings (SSSR count). The van der Waals surface area contributed by atoms with Crippen LogP contribution >= 0.6 is 11.6 Å². The van der Waals surface area contributed by atoms with Gasteiger partial charge in [-0.3, -0.25) is 0 Å². The summed E-state index contributed by atoms with van der Waals surface area (Å²) < 4.78 is 1.70. The fourth-order valence-electron chi connectivity index (χ4n) is 2.08. The van der Waals surface area contributed by atoms with Crippen LogP contribution in [0, 0.1) is 0 Å². The molecular weight excluding hydrogens is 284 g/mol. The summed E-state index contributed by atoms with van der Waals surface area (Å²) in [4.78, 5) is 15.0. The summed E-state index contributed by atoms with van der Waals surface area (Å²) in [7, 11) is 0. The summed E-state index contributed by atoms with van der Waals surface area (Å²) in [6, 6.07) is 5.08. The lowest BCUT2D eigenvalue weighted by molar-refractivity contribution is -0.153. The number of hydrogen-bond acceptors (Lipinski definition) is 4. The van der Waals surface area contributed by atoms with Crippen molar-refractivity contribution in [1.29, 1.82) is 0 Å². The van der Waals surface area contributed by atoms with Gasteiger partial charge in [-0.25, -0.2) is 9.78 Å². The summed E-state index contributed by atoms with van der Waals surface area (Å²) in [5, 5.41) is 28.8. The molecule has 0 fully saturated rings. The average Bonchev–Trinajstić information content (AvgIpc) is 2.75. The van der Waals surface area contributed by atoms with E-state index in [-0.39, 0.29) is 5.82 Å². The molecule has 20 heavy (non-hydrogen) atoms. The van der Waals surface area contributed by atoms with Crippen LogP contribution < -0.4 is 0 Å². The largest absolute Gasteiger partial charge is 0.479 e. The van der Waals surface area contributed by atoms with Crippen LogP contribution in [0.1, 0.15) is 25.3 Å². The highest BCUT2D eigenvalue weighted by atomic mass is 35.5. The predicted octanol–water partition coefficient (Wildman–Crippen LogP) is 1.58. The molecule has 0 amide bonds. The Hall–Kier alpha value is -1.63. The molecule has 0 saturated carbocycles. The first-order valence-corrected chi connectivity index (χ1v) is 6.58. The third-order valence-electron chi connectivity index (χ3n) is 3.00. The minimum Gasteiger partial charge on any atom is -0.479 e. The molecule has 0 aliphatic rings. The number of hydrogen-bond donors (Lipinski definition) is 3. The lowest BCUT2D eigenvalue weighted by atomic mass is 10.2. The molecule has 6 nitrogen and oxygen atoms in total. The van der Waals surface area contributed by atoms with Crippen molar-refractivity contribution in [2.45, 2.75) is 32.1 Å². The van der Waals surface area contributed by atoms with Gasteiger partial charge in [0.05, 0.1) is 11.0 Å². The number of aryl methyl sites for hydroxylation is 1. The Bertz CT molecular complexity index is 641. The molecule has 0 spiro atoms. The van der Waals surface area contributed by atoms with Crippen LogP contribution in [0.3, 0.4) is 0 Å². The van der Waals surface area contributed by atoms with Gasteiger partial charge in [0.2, 0.25) is 0 Å². The van der Waals surface area contributed by atoms with Crippen molar-refractivity contribution in [2.75, 3.05) is 0 Å². The number of aliphatic hydroxyl groups is 2. The van der Waals surface area contributed by atoms with Crippen LogP contribution in [0.25, 0.3) is 11.0 Å². The smallest absolute Gasteiger partial charge is 0.335 e. The van der Waals surface area contributed by atoms with Gasteiger partial charge >= 0.3 is 5.97 Å². The van der Waals surface area contributed by atoms with Gasteiger partial charge in [0.1, 0.15) is 11.9 Å². The zero-order chi connectivity index (χ0) is 14.9. The Balaban J connectivity index is 2.56. The standard InChI is InChI=1S/C13H15ClN2O4/c1-2-5-16-9-4-3-7(14)6-8(9)15-12(16)10(17)11(18)13(19)20/h3-4,6,10-11,17-18H,2,5H2,1H3,(H,19,20). The number of carboxylic acid groups (broad SMARTS) is 1. The van der Waals surface area contributed by atoms with E-state index in [1.54, 1.807) is 22.8 Å². The van der Waals surface area contributed by atoms with Crippen LogP contribution in [0.4, 0.5) is 0 Å². The van der Waals surface area contributed by atoms with Gasteiger partial charge in [-0.15, -0.1) is 0 Å². The maximum Gasteiger partial charge on any atom is 0.335 e. The van der Waals surface area contributed by atoms with Gasteiger partial charge in [0.15, 0.2) is 6.10 Å². The Morgan fingerprint density at radius 1 is 1.45 bits per heavy atom. The van der Waals surface area contributed by atoms with E-state index >= 15 is 0 Å². The average molecular weight is 299 g/mol. The molecule has 1 aromatic heterocycles. The molecule has 0 aliphatic heterocycles. The van der Waals surface area contributed by atoms with Gasteiger partial charge in [-0.2, -0.15) is 0 Å². The van der Waals surface area contributed by atoms with Crippen LogP contribution in [-0.4, -0.2) is 36.9 Å². The van der Waals surface area contributed by atoms with Gasteiger partial charge in [0, 0.05) is 11.6 Å². The van der Waals surface area contributed by atoms with Crippen molar-refractivity contribution in [3.8, 4) is 0 Å². The van der Waals surface area contributed by atoms with Crippen molar-refractivity contribution in [2.24, 2.45) is 0 Å². The lowest BCUT2D eigenvalue weighted by Crippen LogP contribution is -2.29. The highest BCUT2D eigenvalue weighted by Gasteiger charge is 2.29. The monoisotopic (exact) mass is 298 g/mol. The van der Waals surface area contributed by atoms with Gasteiger partial charge in [0.25, 0.3) is 0 Å². The third-order valence-corrected chi connectivity index (χ3v) is 3.24. The second-order valence-corrected chi connectivity index (χ2v) is 4.92. The number of aliphatic hydroxyl groups excluding tert-OH is 2. The van der Waals surface area contributed by atoms with Crippen molar-refractivity contribution in [3.05, 3.63) is 29.0 Å². The first-order valence-electron chi connectivity index (χ1n) is 6.20. The zero-order valence-electron chi connectivity index (χ0n) is 10.8. The van der Waals surface area contributed by atoms with Crippen molar-refractivity contribution < 1.29 is 20.1 Å². The number of carboxylic acids is 1. The van der Waals surface area contributed by atoms with Gasteiger partial charge < -0.3 is 19.9 Å². The molecule has 1 aromatic carbocycles. The second kappa shape index (κ2) is 5.78. The number of aliphatic carboxylic acids is 1. The van der Waals surface area contributed by atoms with E-state index in [0.717, 1.165) is 11.9 Å². The normalized spacial score (nSPS) is 14.4. The number of nitrogens with zero attached hydrogens (tertiary/aromatic N) is 2. The number of carbonyl (C=O) groups is 1. The van der Waals surface area contributed by atoms with E-state index in [2.05, 4.69) is 4.98 Å². The molecule has 0 radical (unpaired) electrons. The Morgan fingerprint density at radius 3 is 2.75 bits per heavy atom. The molecule has 2 atom stereocenters. The van der Waals surface area contributed by atoms with E-state index in [4.69, 9.17) is 16.7 Å². The minimum atomic E-state index is -1.92. The van der Waals surface area contributed by atoms with Crippen molar-refractivity contribution in [1.82, 2.24) is 9.55 Å². The van der Waals surface area contributed by atoms with Gasteiger partial charge in [-0.05, 0) is 24.6 Å². The second-order valence-electron chi connectivity index (χ2n) is 4.48. The first-order chi connectivity index (χ1) is 9.45. The van der Waals surface area contributed by atoms with Crippen LogP contribution in [-0.2, 0) is 11.3 Å². The van der Waals surface area contributed by atoms with E-state index < -0.39 is 18.2 Å². The quantitative estimate of drug-likeness (QED) is 0.779. The lowest BCUT2D eigenvalue weighted by Gasteiger charge is -2.15. The van der Waals surface area contributed by atoms with E-state index in [9.17, 15) is 15.0 Å².